The lowest BCUT2D eigenvalue weighted by Gasteiger charge is -2.36. The molecule has 1 aliphatic rings. The van der Waals surface area contributed by atoms with Gasteiger partial charge in [0.2, 0.25) is 5.91 Å². The molecule has 1 saturated heterocycles. The molecule has 1 amide bonds. The maximum Gasteiger partial charge on any atom is 0.237 e. The van der Waals surface area contributed by atoms with Crippen molar-refractivity contribution in [2.24, 2.45) is 0 Å². The van der Waals surface area contributed by atoms with Gasteiger partial charge in [-0.25, -0.2) is 0 Å². The van der Waals surface area contributed by atoms with E-state index in [0.717, 1.165) is 24.9 Å². The molecule has 0 radical (unpaired) electrons. The van der Waals surface area contributed by atoms with Gasteiger partial charge in [-0.1, -0.05) is 42.5 Å². The summed E-state index contributed by atoms with van der Waals surface area (Å²) in [4.78, 5) is 14.2. The molecule has 2 aromatic rings. The second-order valence-electron chi connectivity index (χ2n) is 6.00. The summed E-state index contributed by atoms with van der Waals surface area (Å²) in [5.41, 5.74) is 2.26. The van der Waals surface area contributed by atoms with Crippen LogP contribution in [0.4, 0.5) is 0 Å². The molecule has 4 heteroatoms. The van der Waals surface area contributed by atoms with Crippen LogP contribution in [0.1, 0.15) is 17.5 Å². The number of hydrogen-bond donors (Lipinski definition) is 2. The predicted octanol–water partition coefficient (Wildman–Crippen LogP) is 2.33. The van der Waals surface area contributed by atoms with Gasteiger partial charge in [0.05, 0.1) is 6.54 Å². The first-order valence-corrected chi connectivity index (χ1v) is 8.04. The fourth-order valence-electron chi connectivity index (χ4n) is 3.07. The van der Waals surface area contributed by atoms with Crippen LogP contribution >= 0.6 is 0 Å². The van der Waals surface area contributed by atoms with Gasteiger partial charge in [0, 0.05) is 19.1 Å². The van der Waals surface area contributed by atoms with E-state index >= 15 is 0 Å². The summed E-state index contributed by atoms with van der Waals surface area (Å²) >= 11 is 0. The standard InChI is InChI=1S/C19H22N2O2/c22-18-8-4-7-16(11-18)14-21-17(12-20-13-19(21)23)10-9-15-5-2-1-3-6-15/h1-8,11,17,20,22H,9-10,12-14H2/t17-/m0/s1. The highest BCUT2D eigenvalue weighted by Crippen LogP contribution is 2.18. The summed E-state index contributed by atoms with van der Waals surface area (Å²) < 4.78 is 0. The molecule has 0 aromatic heterocycles. The van der Waals surface area contributed by atoms with Crippen molar-refractivity contribution < 1.29 is 9.90 Å². The molecule has 23 heavy (non-hydrogen) atoms. The van der Waals surface area contributed by atoms with Crippen LogP contribution in [0.2, 0.25) is 0 Å². The Balaban J connectivity index is 1.68. The number of rotatable bonds is 5. The first-order chi connectivity index (χ1) is 11.2. The topological polar surface area (TPSA) is 52.6 Å². The van der Waals surface area contributed by atoms with Crippen molar-refractivity contribution in [3.63, 3.8) is 0 Å². The van der Waals surface area contributed by atoms with Crippen LogP contribution in [0.3, 0.4) is 0 Å². The fourth-order valence-corrected chi connectivity index (χ4v) is 3.07. The molecule has 1 heterocycles. The molecule has 3 rings (SSSR count). The Labute approximate surface area is 136 Å². The van der Waals surface area contributed by atoms with Crippen LogP contribution in [0.15, 0.2) is 54.6 Å². The van der Waals surface area contributed by atoms with Crippen LogP contribution in [0.25, 0.3) is 0 Å². The number of benzene rings is 2. The van der Waals surface area contributed by atoms with E-state index in [9.17, 15) is 9.90 Å². The Kier molecular flexibility index (Phi) is 4.93. The highest BCUT2D eigenvalue weighted by Gasteiger charge is 2.27. The number of amides is 1. The van der Waals surface area contributed by atoms with Crippen molar-refractivity contribution in [3.05, 3.63) is 65.7 Å². The molecule has 0 unspecified atom stereocenters. The minimum absolute atomic E-state index is 0.123. The summed E-state index contributed by atoms with van der Waals surface area (Å²) in [5, 5.41) is 12.8. The number of aromatic hydroxyl groups is 1. The SMILES string of the molecule is O=C1CNC[C@H](CCc2ccccc2)N1Cc1cccc(O)c1. The molecule has 120 valence electrons. The minimum Gasteiger partial charge on any atom is -0.508 e. The fraction of sp³-hybridized carbons (Fsp3) is 0.316. The summed E-state index contributed by atoms with van der Waals surface area (Å²) in [5.74, 6) is 0.364. The largest absolute Gasteiger partial charge is 0.508 e. The Bertz CT molecular complexity index is 657. The number of nitrogens with zero attached hydrogens (tertiary/aromatic N) is 1. The number of piperazine rings is 1. The van der Waals surface area contributed by atoms with Gasteiger partial charge in [-0.2, -0.15) is 0 Å². The Morgan fingerprint density at radius 2 is 1.87 bits per heavy atom. The number of aryl methyl sites for hydroxylation is 1. The number of carbonyl (C=O) groups excluding carboxylic acids is 1. The van der Waals surface area contributed by atoms with Gasteiger partial charge in [-0.3, -0.25) is 4.79 Å². The molecule has 0 bridgehead atoms. The zero-order valence-corrected chi connectivity index (χ0v) is 13.1. The van der Waals surface area contributed by atoms with Crippen molar-refractivity contribution in [2.75, 3.05) is 13.1 Å². The van der Waals surface area contributed by atoms with E-state index in [1.165, 1.54) is 5.56 Å². The second-order valence-corrected chi connectivity index (χ2v) is 6.00. The number of phenols is 1. The molecular formula is C19H22N2O2. The number of phenolic OH excluding ortho intramolecular Hbond substituents is 1. The molecule has 0 spiro atoms. The molecule has 1 aliphatic heterocycles. The van der Waals surface area contributed by atoms with E-state index in [2.05, 4.69) is 17.4 Å². The van der Waals surface area contributed by atoms with E-state index in [4.69, 9.17) is 0 Å². The summed E-state index contributed by atoms with van der Waals surface area (Å²) in [7, 11) is 0. The number of carbonyl (C=O) groups is 1. The van der Waals surface area contributed by atoms with Crippen molar-refractivity contribution in [1.29, 1.82) is 0 Å². The smallest absolute Gasteiger partial charge is 0.237 e. The van der Waals surface area contributed by atoms with Gasteiger partial charge in [-0.15, -0.1) is 0 Å². The van der Waals surface area contributed by atoms with Crippen LogP contribution in [-0.4, -0.2) is 35.0 Å². The monoisotopic (exact) mass is 310 g/mol. The Morgan fingerprint density at radius 3 is 2.65 bits per heavy atom. The number of hydrogen-bond acceptors (Lipinski definition) is 3. The molecular weight excluding hydrogens is 288 g/mol. The average Bonchev–Trinajstić information content (AvgIpc) is 2.56. The molecule has 1 atom stereocenters. The predicted molar refractivity (Wildman–Crippen MR) is 90.1 cm³/mol. The summed E-state index contributed by atoms with van der Waals surface area (Å²) in [6.45, 7) is 1.76. The maximum absolute atomic E-state index is 12.3. The van der Waals surface area contributed by atoms with Crippen LogP contribution in [0.5, 0.6) is 5.75 Å². The lowest BCUT2D eigenvalue weighted by molar-refractivity contribution is -0.135. The highest BCUT2D eigenvalue weighted by atomic mass is 16.3. The molecule has 4 nitrogen and oxygen atoms in total. The third kappa shape index (κ3) is 4.11. The van der Waals surface area contributed by atoms with Crippen molar-refractivity contribution in [3.8, 4) is 5.75 Å². The minimum atomic E-state index is 0.123. The summed E-state index contributed by atoms with van der Waals surface area (Å²) in [6.07, 6.45) is 1.89. The zero-order chi connectivity index (χ0) is 16.1. The number of nitrogens with one attached hydrogen (secondary N) is 1. The molecule has 2 N–H and O–H groups in total. The van der Waals surface area contributed by atoms with Gasteiger partial charge < -0.3 is 15.3 Å². The molecule has 1 fully saturated rings. The third-order valence-corrected chi connectivity index (χ3v) is 4.29. The summed E-state index contributed by atoms with van der Waals surface area (Å²) in [6, 6.07) is 17.7. The van der Waals surface area contributed by atoms with E-state index in [1.807, 2.05) is 35.2 Å². The third-order valence-electron chi connectivity index (χ3n) is 4.29. The van der Waals surface area contributed by atoms with E-state index < -0.39 is 0 Å². The second kappa shape index (κ2) is 7.29. The van der Waals surface area contributed by atoms with Crippen molar-refractivity contribution in [1.82, 2.24) is 10.2 Å². The normalized spacial score (nSPS) is 18.2. The quantitative estimate of drug-likeness (QED) is 0.891. The van der Waals surface area contributed by atoms with Gasteiger partial charge in [-0.05, 0) is 36.1 Å². The Morgan fingerprint density at radius 1 is 1.09 bits per heavy atom. The average molecular weight is 310 g/mol. The van der Waals surface area contributed by atoms with Crippen molar-refractivity contribution in [2.45, 2.75) is 25.4 Å². The highest BCUT2D eigenvalue weighted by molar-refractivity contribution is 5.79. The van der Waals surface area contributed by atoms with Gasteiger partial charge in [0.1, 0.15) is 5.75 Å². The lowest BCUT2D eigenvalue weighted by atomic mass is 10.0. The molecule has 0 saturated carbocycles. The maximum atomic E-state index is 12.3. The Hall–Kier alpha value is -2.33. The van der Waals surface area contributed by atoms with E-state index in [1.54, 1.807) is 12.1 Å². The van der Waals surface area contributed by atoms with Gasteiger partial charge >= 0.3 is 0 Å². The van der Waals surface area contributed by atoms with Gasteiger partial charge in [0.15, 0.2) is 0 Å². The van der Waals surface area contributed by atoms with Crippen LogP contribution in [-0.2, 0) is 17.8 Å². The van der Waals surface area contributed by atoms with E-state index in [-0.39, 0.29) is 17.7 Å². The van der Waals surface area contributed by atoms with E-state index in [0.29, 0.717) is 13.1 Å². The first-order valence-electron chi connectivity index (χ1n) is 8.04. The molecule has 2 aromatic carbocycles. The zero-order valence-electron chi connectivity index (χ0n) is 13.1. The van der Waals surface area contributed by atoms with Crippen molar-refractivity contribution >= 4 is 5.91 Å². The first kappa shape index (κ1) is 15.6. The van der Waals surface area contributed by atoms with Gasteiger partial charge in [0.25, 0.3) is 0 Å². The lowest BCUT2D eigenvalue weighted by Crippen LogP contribution is -2.54. The van der Waals surface area contributed by atoms with Crippen LogP contribution < -0.4 is 5.32 Å². The van der Waals surface area contributed by atoms with Crippen LogP contribution in [0, 0.1) is 0 Å². The molecule has 0 aliphatic carbocycles.